The molecule has 1 aliphatic rings. The summed E-state index contributed by atoms with van der Waals surface area (Å²) < 4.78 is 15.8. The molecule has 0 atom stereocenters. The third-order valence-electron chi connectivity index (χ3n) is 5.93. The second kappa shape index (κ2) is 10.5. The molecule has 1 aliphatic heterocycles. The number of hydrogen-bond donors (Lipinski definition) is 1. The highest BCUT2D eigenvalue weighted by atomic mass is 127. The van der Waals surface area contributed by atoms with Crippen LogP contribution >= 0.6 is 68.7 Å². The summed E-state index contributed by atoms with van der Waals surface area (Å²) in [6, 6.07) is 11.3. The van der Waals surface area contributed by atoms with E-state index in [1.165, 1.54) is 16.7 Å². The molecule has 4 nitrogen and oxygen atoms in total. The van der Waals surface area contributed by atoms with E-state index in [9.17, 15) is 9.18 Å². The average molecular weight is 661 g/mol. The first-order valence-corrected chi connectivity index (χ1v) is 13.9. The minimum Gasteiger partial charge on any atom is -0.317 e. The molecule has 0 bridgehead atoms. The number of halogens is 5. The van der Waals surface area contributed by atoms with Gasteiger partial charge in [-0.25, -0.2) is 9.37 Å². The van der Waals surface area contributed by atoms with Crippen LogP contribution in [0.2, 0.25) is 15.1 Å². The molecular weight excluding hydrogens is 643 g/mol. The average Bonchev–Trinajstić information content (AvgIpc) is 3.27. The lowest BCUT2D eigenvalue weighted by Gasteiger charge is -2.20. The Morgan fingerprint density at radius 1 is 1.06 bits per heavy atom. The van der Waals surface area contributed by atoms with E-state index < -0.39 is 5.82 Å². The number of thiazole rings is 1. The molecule has 0 saturated carbocycles. The van der Waals surface area contributed by atoms with Crippen molar-refractivity contribution in [3.8, 4) is 27.4 Å². The normalized spacial score (nSPS) is 14.4. The van der Waals surface area contributed by atoms with Crippen molar-refractivity contribution in [1.82, 2.24) is 14.9 Å². The number of aromatic nitrogens is 2. The van der Waals surface area contributed by atoms with Gasteiger partial charge in [0.05, 0.1) is 39.9 Å². The van der Waals surface area contributed by atoms with E-state index >= 15 is 0 Å². The molecule has 0 unspecified atom stereocenters. The smallest absolute Gasteiger partial charge is 0.268 e. The molecule has 1 saturated heterocycles. The van der Waals surface area contributed by atoms with Crippen LogP contribution in [-0.2, 0) is 0 Å². The number of nitrogens with zero attached hydrogens (tertiary/aromatic N) is 2. The van der Waals surface area contributed by atoms with Crippen molar-refractivity contribution in [2.45, 2.75) is 18.8 Å². The molecule has 0 aliphatic carbocycles. The largest absolute Gasteiger partial charge is 0.317 e. The van der Waals surface area contributed by atoms with Crippen molar-refractivity contribution >= 4 is 68.7 Å². The number of piperidine rings is 1. The Kier molecular flexibility index (Phi) is 7.53. The fraction of sp³-hybridized carbons (Fsp3) is 0.200. The van der Waals surface area contributed by atoms with Crippen LogP contribution in [0.4, 0.5) is 4.39 Å². The number of hydrogen-bond acceptors (Lipinski definition) is 4. The summed E-state index contributed by atoms with van der Waals surface area (Å²) in [4.78, 5) is 19.0. The SMILES string of the molecule is O=c1c(I)cc(-c2nc(C3CCNCC3)sc2-c2ccc(F)cc2Cl)cn1-c1c(Cl)cccc1Cl. The van der Waals surface area contributed by atoms with E-state index in [4.69, 9.17) is 39.8 Å². The van der Waals surface area contributed by atoms with Crippen LogP contribution in [0.15, 0.2) is 53.5 Å². The molecule has 4 aromatic rings. The van der Waals surface area contributed by atoms with Gasteiger partial charge in [0.2, 0.25) is 0 Å². The van der Waals surface area contributed by atoms with Gasteiger partial charge in [-0.1, -0.05) is 40.9 Å². The Morgan fingerprint density at radius 3 is 2.46 bits per heavy atom. The van der Waals surface area contributed by atoms with Crippen molar-refractivity contribution in [1.29, 1.82) is 0 Å². The molecular formula is C25H18Cl3FIN3OS. The van der Waals surface area contributed by atoms with Gasteiger partial charge in [0.25, 0.3) is 5.56 Å². The van der Waals surface area contributed by atoms with Gasteiger partial charge in [0.15, 0.2) is 0 Å². The quantitative estimate of drug-likeness (QED) is 0.227. The molecule has 35 heavy (non-hydrogen) atoms. The lowest BCUT2D eigenvalue weighted by Crippen LogP contribution is -2.26. The Balaban J connectivity index is 1.74. The van der Waals surface area contributed by atoms with Gasteiger partial charge >= 0.3 is 0 Å². The predicted molar refractivity (Wildman–Crippen MR) is 151 cm³/mol. The maximum atomic E-state index is 13.8. The minimum atomic E-state index is -0.403. The Morgan fingerprint density at radius 2 is 1.77 bits per heavy atom. The fourth-order valence-corrected chi connectivity index (χ4v) is 6.98. The molecule has 0 spiro atoms. The van der Waals surface area contributed by atoms with Crippen LogP contribution in [-0.4, -0.2) is 22.6 Å². The highest BCUT2D eigenvalue weighted by Crippen LogP contribution is 2.43. The second-order valence-corrected chi connectivity index (χ2v) is 11.6. The molecule has 0 radical (unpaired) electrons. The minimum absolute atomic E-state index is 0.237. The molecule has 10 heteroatoms. The van der Waals surface area contributed by atoms with Crippen LogP contribution in [0, 0.1) is 9.39 Å². The highest BCUT2D eigenvalue weighted by molar-refractivity contribution is 14.1. The van der Waals surface area contributed by atoms with Crippen molar-refractivity contribution in [3.63, 3.8) is 0 Å². The lowest BCUT2D eigenvalue weighted by atomic mass is 9.99. The Bertz CT molecular complexity index is 1460. The molecule has 1 N–H and O–H groups in total. The van der Waals surface area contributed by atoms with E-state index in [2.05, 4.69) is 5.32 Å². The molecule has 180 valence electrons. The summed E-state index contributed by atoms with van der Waals surface area (Å²) in [7, 11) is 0. The van der Waals surface area contributed by atoms with E-state index in [-0.39, 0.29) is 5.56 Å². The van der Waals surface area contributed by atoms with Crippen LogP contribution in [0.5, 0.6) is 0 Å². The van der Waals surface area contributed by atoms with Crippen LogP contribution in [0.1, 0.15) is 23.8 Å². The third-order valence-corrected chi connectivity index (χ3v) is 8.88. The van der Waals surface area contributed by atoms with E-state index in [0.717, 1.165) is 41.4 Å². The van der Waals surface area contributed by atoms with Gasteiger partial charge in [-0.2, -0.15) is 0 Å². The molecule has 3 heterocycles. The van der Waals surface area contributed by atoms with E-state index in [1.807, 2.05) is 22.6 Å². The van der Waals surface area contributed by atoms with E-state index in [0.29, 0.717) is 41.5 Å². The zero-order chi connectivity index (χ0) is 24.7. The van der Waals surface area contributed by atoms with Crippen LogP contribution in [0.25, 0.3) is 27.4 Å². The maximum Gasteiger partial charge on any atom is 0.268 e. The standard InChI is InChI=1S/C25H18Cl3FIN3OS/c26-17-2-1-3-18(27)22(17)33-12-14(10-20(30)25(33)34)21-23(16-5-4-15(29)11-19(16)28)35-24(32-21)13-6-8-31-9-7-13/h1-5,10-13,31H,6-9H2. The summed E-state index contributed by atoms with van der Waals surface area (Å²) in [5, 5.41) is 5.42. The Labute approximate surface area is 234 Å². The van der Waals surface area contributed by atoms with Crippen molar-refractivity contribution in [2.75, 3.05) is 13.1 Å². The predicted octanol–water partition coefficient (Wildman–Crippen LogP) is 7.80. The van der Waals surface area contributed by atoms with Crippen molar-refractivity contribution < 1.29 is 4.39 Å². The van der Waals surface area contributed by atoms with Gasteiger partial charge in [0.1, 0.15) is 5.82 Å². The third kappa shape index (κ3) is 5.04. The summed E-state index contributed by atoms with van der Waals surface area (Å²) in [6.07, 6.45) is 3.67. The maximum absolute atomic E-state index is 13.8. The second-order valence-electron chi connectivity index (χ2n) is 8.20. The first-order valence-electron chi connectivity index (χ1n) is 10.9. The molecule has 5 rings (SSSR count). The summed E-state index contributed by atoms with van der Waals surface area (Å²) >= 11 is 22.9. The zero-order valence-corrected chi connectivity index (χ0v) is 23.4. The van der Waals surface area contributed by atoms with Gasteiger partial charge in [0, 0.05) is 23.2 Å². The summed E-state index contributed by atoms with van der Waals surface area (Å²) in [5.74, 6) is -0.0872. The van der Waals surface area contributed by atoms with Crippen molar-refractivity contribution in [3.05, 3.63) is 88.5 Å². The first-order chi connectivity index (χ1) is 16.8. The summed E-state index contributed by atoms with van der Waals surface area (Å²) in [5.41, 5.74) is 2.28. The first kappa shape index (κ1) is 25.2. The number of rotatable bonds is 4. The van der Waals surface area contributed by atoms with Crippen LogP contribution < -0.4 is 10.9 Å². The molecule has 2 aromatic carbocycles. The highest BCUT2D eigenvalue weighted by Gasteiger charge is 2.25. The summed E-state index contributed by atoms with van der Waals surface area (Å²) in [6.45, 7) is 1.86. The van der Waals surface area contributed by atoms with Crippen LogP contribution in [0.3, 0.4) is 0 Å². The van der Waals surface area contributed by atoms with Gasteiger partial charge in [-0.05, 0) is 84.9 Å². The van der Waals surface area contributed by atoms with Gasteiger partial charge in [-0.15, -0.1) is 11.3 Å². The number of nitrogens with one attached hydrogen (secondary N) is 1. The van der Waals surface area contributed by atoms with Gasteiger partial charge < -0.3 is 5.32 Å². The van der Waals surface area contributed by atoms with Gasteiger partial charge in [-0.3, -0.25) is 9.36 Å². The monoisotopic (exact) mass is 659 g/mol. The van der Waals surface area contributed by atoms with E-state index in [1.54, 1.807) is 47.9 Å². The zero-order valence-electron chi connectivity index (χ0n) is 18.1. The number of benzene rings is 2. The lowest BCUT2D eigenvalue weighted by molar-refractivity contribution is 0.459. The molecule has 0 amide bonds. The topological polar surface area (TPSA) is 46.9 Å². The Hall–Kier alpha value is -1.49. The molecule has 1 fully saturated rings. The fourth-order valence-electron chi connectivity index (χ4n) is 4.20. The molecule has 2 aromatic heterocycles. The number of para-hydroxylation sites is 1. The van der Waals surface area contributed by atoms with Crippen molar-refractivity contribution in [2.24, 2.45) is 0 Å². The number of pyridine rings is 1.